The molecule has 206 valence electrons. The molecule has 0 fully saturated rings. The molecule has 39 heavy (non-hydrogen) atoms. The number of amides is 1. The van der Waals surface area contributed by atoms with Gasteiger partial charge in [0.1, 0.15) is 10.8 Å². The first kappa shape index (κ1) is 27.8. The second-order valence-electron chi connectivity index (χ2n) is 9.16. The first-order valence-corrected chi connectivity index (χ1v) is 16.0. The third-order valence-electron chi connectivity index (χ3n) is 6.56. The molecule has 1 N–H and O–H groups in total. The molecule has 1 aromatic carbocycles. The van der Waals surface area contributed by atoms with Crippen molar-refractivity contribution < 1.29 is 19.1 Å². The molecule has 5 rings (SSSR count). The fraction of sp³-hybridized carbons (Fsp3) is 0.429. The maximum absolute atomic E-state index is 13.5. The molecule has 0 radical (unpaired) electrons. The van der Waals surface area contributed by atoms with Crippen LogP contribution in [0.25, 0.3) is 5.69 Å². The summed E-state index contributed by atoms with van der Waals surface area (Å²) in [4.78, 5) is 46.1. The van der Waals surface area contributed by atoms with Crippen LogP contribution in [0.2, 0.25) is 0 Å². The van der Waals surface area contributed by atoms with Crippen molar-refractivity contribution in [1.29, 1.82) is 0 Å². The first-order chi connectivity index (χ1) is 19.0. The third kappa shape index (κ3) is 6.05. The van der Waals surface area contributed by atoms with E-state index in [0.717, 1.165) is 66.2 Å². The Balaban J connectivity index is 1.39. The number of aromatic nitrogens is 2. The van der Waals surface area contributed by atoms with Crippen LogP contribution in [-0.2, 0) is 28.8 Å². The second kappa shape index (κ2) is 12.6. The van der Waals surface area contributed by atoms with Crippen LogP contribution < -0.4 is 15.6 Å². The standard InChI is InChI=1S/C28H31N3O5S3/c1-3-35-18-12-10-17(11-13-18)31-26(33)24-20(14-15-37-24)29-28(31)38-16-22(32)30-25-23(27(34)36-4-2)19-8-6-5-7-9-21(19)39-25/h10-13H,3-9,14-16H2,1-2H3,(H,30,32). The van der Waals surface area contributed by atoms with Crippen LogP contribution in [0.3, 0.4) is 0 Å². The molecule has 0 unspecified atom stereocenters. The van der Waals surface area contributed by atoms with Crippen LogP contribution in [0, 0.1) is 0 Å². The lowest BCUT2D eigenvalue weighted by atomic mass is 10.1. The predicted octanol–water partition coefficient (Wildman–Crippen LogP) is 5.52. The normalized spacial score (nSPS) is 14.3. The van der Waals surface area contributed by atoms with Crippen molar-refractivity contribution in [3.8, 4) is 11.4 Å². The van der Waals surface area contributed by atoms with Gasteiger partial charge < -0.3 is 14.8 Å². The fourth-order valence-electron chi connectivity index (χ4n) is 4.82. The number of carbonyl (C=O) groups is 2. The Morgan fingerprint density at radius 2 is 1.87 bits per heavy atom. The van der Waals surface area contributed by atoms with E-state index in [2.05, 4.69) is 5.32 Å². The zero-order chi connectivity index (χ0) is 27.4. The molecule has 0 saturated heterocycles. The molecule has 8 nitrogen and oxygen atoms in total. The number of aryl methyl sites for hydroxylation is 2. The van der Waals surface area contributed by atoms with Gasteiger partial charge in [-0.2, -0.15) is 0 Å². The van der Waals surface area contributed by atoms with E-state index in [-0.39, 0.29) is 29.8 Å². The number of nitrogens with zero attached hydrogens (tertiary/aromatic N) is 2. The number of esters is 1. The van der Waals surface area contributed by atoms with Crippen LogP contribution in [-0.4, -0.2) is 46.1 Å². The van der Waals surface area contributed by atoms with Gasteiger partial charge >= 0.3 is 5.97 Å². The summed E-state index contributed by atoms with van der Waals surface area (Å²) in [5.41, 5.74) is 2.83. The van der Waals surface area contributed by atoms with Crippen molar-refractivity contribution in [1.82, 2.24) is 9.55 Å². The maximum atomic E-state index is 13.5. The van der Waals surface area contributed by atoms with Crippen LogP contribution in [0.15, 0.2) is 39.1 Å². The molecule has 0 saturated carbocycles. The van der Waals surface area contributed by atoms with Gasteiger partial charge in [-0.25, -0.2) is 9.78 Å². The highest BCUT2D eigenvalue weighted by atomic mass is 32.2. The number of benzene rings is 1. The summed E-state index contributed by atoms with van der Waals surface area (Å²) in [7, 11) is 0. The molecule has 2 aliphatic rings. The summed E-state index contributed by atoms with van der Waals surface area (Å²) in [5, 5.41) is 3.98. The van der Waals surface area contributed by atoms with Gasteiger partial charge in [0.05, 0.1) is 40.8 Å². The molecule has 3 heterocycles. The van der Waals surface area contributed by atoms with Crippen molar-refractivity contribution in [3.63, 3.8) is 0 Å². The van der Waals surface area contributed by atoms with E-state index in [1.165, 1.54) is 34.9 Å². The summed E-state index contributed by atoms with van der Waals surface area (Å²) in [5.74, 6) is 0.930. The van der Waals surface area contributed by atoms with E-state index in [9.17, 15) is 14.4 Å². The monoisotopic (exact) mass is 585 g/mol. The zero-order valence-electron chi connectivity index (χ0n) is 22.0. The number of hydrogen-bond donors (Lipinski definition) is 1. The Morgan fingerprint density at radius 1 is 1.08 bits per heavy atom. The van der Waals surface area contributed by atoms with Gasteiger partial charge in [-0.05, 0) is 69.4 Å². The number of carbonyl (C=O) groups excluding carboxylic acids is 2. The second-order valence-corrected chi connectivity index (χ2v) is 12.3. The number of thiophene rings is 1. The summed E-state index contributed by atoms with van der Waals surface area (Å²) < 4.78 is 12.5. The van der Waals surface area contributed by atoms with Crippen molar-refractivity contribution in [2.45, 2.75) is 62.4 Å². The fourth-order valence-corrected chi connectivity index (χ4v) is 7.96. The highest BCUT2D eigenvalue weighted by Crippen LogP contribution is 2.38. The van der Waals surface area contributed by atoms with Gasteiger partial charge in [0.25, 0.3) is 5.56 Å². The minimum Gasteiger partial charge on any atom is -0.494 e. The zero-order valence-corrected chi connectivity index (χ0v) is 24.5. The molecular weight excluding hydrogens is 555 g/mol. The minimum absolute atomic E-state index is 0.0419. The van der Waals surface area contributed by atoms with Crippen LogP contribution in [0.4, 0.5) is 5.00 Å². The lowest BCUT2D eigenvalue weighted by molar-refractivity contribution is -0.113. The molecule has 2 aromatic heterocycles. The Bertz CT molecular complexity index is 1430. The number of nitrogens with one attached hydrogen (secondary N) is 1. The first-order valence-electron chi connectivity index (χ1n) is 13.3. The molecule has 1 amide bonds. The molecule has 11 heteroatoms. The van der Waals surface area contributed by atoms with E-state index in [1.54, 1.807) is 11.5 Å². The largest absolute Gasteiger partial charge is 0.494 e. The molecule has 1 aliphatic carbocycles. The van der Waals surface area contributed by atoms with Crippen molar-refractivity contribution in [2.24, 2.45) is 0 Å². The van der Waals surface area contributed by atoms with E-state index < -0.39 is 0 Å². The van der Waals surface area contributed by atoms with Crippen LogP contribution in [0.5, 0.6) is 5.75 Å². The van der Waals surface area contributed by atoms with E-state index in [0.29, 0.717) is 32.9 Å². The summed E-state index contributed by atoms with van der Waals surface area (Å²) in [6, 6.07) is 7.30. The lowest BCUT2D eigenvalue weighted by Crippen LogP contribution is -2.24. The molecule has 0 spiro atoms. The quantitative estimate of drug-likeness (QED) is 0.152. The number of rotatable bonds is 9. The molecule has 0 bridgehead atoms. The Hall–Kier alpha value is -2.76. The molecule has 1 aliphatic heterocycles. The molecular formula is C28H31N3O5S3. The minimum atomic E-state index is -0.387. The average molecular weight is 586 g/mol. The molecule has 3 aromatic rings. The van der Waals surface area contributed by atoms with Gasteiger partial charge in [0.2, 0.25) is 5.91 Å². The number of thioether (sulfide) groups is 2. The third-order valence-corrected chi connectivity index (χ3v) is 9.81. The van der Waals surface area contributed by atoms with E-state index in [4.69, 9.17) is 14.5 Å². The van der Waals surface area contributed by atoms with Gasteiger partial charge in [0.15, 0.2) is 5.16 Å². The number of hydrogen-bond acceptors (Lipinski definition) is 9. The van der Waals surface area contributed by atoms with E-state index in [1.807, 2.05) is 31.2 Å². The maximum Gasteiger partial charge on any atom is 0.341 e. The lowest BCUT2D eigenvalue weighted by Gasteiger charge is -2.14. The smallest absolute Gasteiger partial charge is 0.341 e. The number of anilines is 1. The predicted molar refractivity (Wildman–Crippen MR) is 156 cm³/mol. The Kier molecular flexibility index (Phi) is 8.99. The summed E-state index contributed by atoms with van der Waals surface area (Å²) in [6.45, 7) is 4.53. The summed E-state index contributed by atoms with van der Waals surface area (Å²) in [6.07, 6.45) is 5.67. The highest BCUT2D eigenvalue weighted by molar-refractivity contribution is 8.00. The van der Waals surface area contributed by atoms with Crippen LogP contribution in [0.1, 0.15) is 59.6 Å². The molecule has 0 atom stereocenters. The summed E-state index contributed by atoms with van der Waals surface area (Å²) >= 11 is 4.21. The Labute approximate surface area is 239 Å². The Morgan fingerprint density at radius 3 is 2.64 bits per heavy atom. The van der Waals surface area contributed by atoms with Gasteiger partial charge in [-0.1, -0.05) is 18.2 Å². The van der Waals surface area contributed by atoms with E-state index >= 15 is 0 Å². The van der Waals surface area contributed by atoms with Gasteiger partial charge in [-0.15, -0.1) is 23.1 Å². The average Bonchev–Trinajstić information content (AvgIpc) is 3.46. The van der Waals surface area contributed by atoms with Crippen molar-refractivity contribution >= 4 is 51.7 Å². The SMILES string of the molecule is CCOC(=O)c1c(NC(=O)CSc2nc3c(c(=O)n2-c2ccc(OCC)cc2)SCC3)sc2c1CCCCC2. The highest BCUT2D eigenvalue weighted by Gasteiger charge is 2.27. The van der Waals surface area contributed by atoms with Crippen molar-refractivity contribution in [3.05, 3.63) is 56.3 Å². The number of fused-ring (bicyclic) bond motifs is 2. The number of ether oxygens (including phenoxy) is 2. The van der Waals surface area contributed by atoms with Gasteiger partial charge in [-0.3, -0.25) is 14.2 Å². The van der Waals surface area contributed by atoms with Crippen LogP contribution >= 0.6 is 34.9 Å². The van der Waals surface area contributed by atoms with Crippen molar-refractivity contribution in [2.75, 3.05) is 30.0 Å². The van der Waals surface area contributed by atoms with Gasteiger partial charge in [0, 0.05) is 17.1 Å². The topological polar surface area (TPSA) is 99.5 Å².